The number of H-pyrrole nitrogens is 1. The van der Waals surface area contributed by atoms with E-state index < -0.39 is 24.0 Å². The van der Waals surface area contributed by atoms with Gasteiger partial charge in [-0.05, 0) is 18.1 Å². The quantitative estimate of drug-likeness (QED) is 0.743. The van der Waals surface area contributed by atoms with E-state index in [9.17, 15) is 14.4 Å². The lowest BCUT2D eigenvalue weighted by Gasteiger charge is -2.19. The van der Waals surface area contributed by atoms with Crippen LogP contribution in [0.15, 0.2) is 30.3 Å². The molecule has 0 saturated carbocycles. The Labute approximate surface area is 126 Å². The average Bonchev–Trinajstić information content (AvgIpc) is 2.87. The summed E-state index contributed by atoms with van der Waals surface area (Å²) in [7, 11) is 0. The van der Waals surface area contributed by atoms with E-state index in [1.165, 1.54) is 0 Å². The van der Waals surface area contributed by atoms with Crippen molar-refractivity contribution in [3.05, 3.63) is 36.0 Å². The molecule has 22 heavy (non-hydrogen) atoms. The van der Waals surface area contributed by atoms with E-state index in [0.29, 0.717) is 0 Å². The van der Waals surface area contributed by atoms with Gasteiger partial charge in [-0.2, -0.15) is 0 Å². The van der Waals surface area contributed by atoms with E-state index in [4.69, 9.17) is 10.5 Å². The van der Waals surface area contributed by atoms with Crippen LogP contribution in [0.2, 0.25) is 0 Å². The molecule has 0 radical (unpaired) electrons. The van der Waals surface area contributed by atoms with Crippen LogP contribution >= 0.6 is 0 Å². The molecule has 0 aliphatic heterocycles. The maximum absolute atomic E-state index is 12.2. The average molecular weight is 303 g/mol. The molecule has 7 nitrogen and oxygen atoms in total. The van der Waals surface area contributed by atoms with Gasteiger partial charge in [0.25, 0.3) is 5.91 Å². The number of hydrogen-bond acceptors (Lipinski definition) is 4. The zero-order chi connectivity index (χ0) is 16.3. The van der Waals surface area contributed by atoms with Gasteiger partial charge in [0.1, 0.15) is 5.69 Å². The lowest BCUT2D eigenvalue weighted by molar-refractivity contribution is -0.130. The van der Waals surface area contributed by atoms with Crippen molar-refractivity contribution < 1.29 is 19.1 Å². The first-order valence-corrected chi connectivity index (χ1v) is 6.77. The number of primary amides is 1. The van der Waals surface area contributed by atoms with Crippen LogP contribution < -0.4 is 11.1 Å². The highest BCUT2D eigenvalue weighted by molar-refractivity contribution is 5.99. The first-order chi connectivity index (χ1) is 10.4. The molecule has 1 aromatic heterocycles. The number of para-hydroxylation sites is 1. The van der Waals surface area contributed by atoms with Crippen LogP contribution in [0.4, 0.5) is 4.79 Å². The number of benzene rings is 1. The molecule has 3 amide bonds. The fourth-order valence-electron chi connectivity index (χ4n) is 2.05. The van der Waals surface area contributed by atoms with Crippen molar-refractivity contribution in [2.24, 2.45) is 11.7 Å². The molecule has 116 valence electrons. The molecular formula is C15H17N3O4. The summed E-state index contributed by atoms with van der Waals surface area (Å²) < 4.78 is 5.20. The monoisotopic (exact) mass is 303 g/mol. The maximum atomic E-state index is 12.2. The molecule has 0 spiro atoms. The highest BCUT2D eigenvalue weighted by Gasteiger charge is 2.28. The van der Waals surface area contributed by atoms with Crippen molar-refractivity contribution in [1.82, 2.24) is 10.3 Å². The number of carbonyl (C=O) groups is 3. The Hall–Kier alpha value is -2.83. The summed E-state index contributed by atoms with van der Waals surface area (Å²) >= 11 is 0. The zero-order valence-electron chi connectivity index (χ0n) is 12.3. The number of aromatic nitrogens is 1. The molecule has 0 aliphatic rings. The lowest BCUT2D eigenvalue weighted by atomic mass is 10.1. The Morgan fingerprint density at radius 1 is 1.23 bits per heavy atom. The third-order valence-electron chi connectivity index (χ3n) is 3.09. The molecule has 2 rings (SSSR count). The van der Waals surface area contributed by atoms with Gasteiger partial charge in [-0.1, -0.05) is 32.0 Å². The molecule has 1 heterocycles. The first kappa shape index (κ1) is 15.6. The molecule has 0 fully saturated rings. The number of nitrogens with one attached hydrogen (secondary N) is 2. The Kier molecular flexibility index (Phi) is 4.45. The molecule has 0 saturated heterocycles. The number of esters is 1. The van der Waals surface area contributed by atoms with E-state index >= 15 is 0 Å². The van der Waals surface area contributed by atoms with Crippen LogP contribution in [0.1, 0.15) is 24.3 Å². The highest BCUT2D eigenvalue weighted by atomic mass is 16.5. The van der Waals surface area contributed by atoms with E-state index in [-0.39, 0.29) is 11.6 Å². The van der Waals surface area contributed by atoms with Gasteiger partial charge in [-0.25, -0.2) is 9.59 Å². The summed E-state index contributed by atoms with van der Waals surface area (Å²) in [6.07, 6.45) is -1.11. The topological polar surface area (TPSA) is 114 Å². The number of hydrogen-bond donors (Lipinski definition) is 3. The minimum absolute atomic E-state index is 0.235. The number of ether oxygens (including phenoxy) is 1. The summed E-state index contributed by atoms with van der Waals surface area (Å²) in [5.74, 6) is -1.73. The van der Waals surface area contributed by atoms with Crippen molar-refractivity contribution in [2.45, 2.75) is 20.0 Å². The van der Waals surface area contributed by atoms with Crippen LogP contribution in [0.25, 0.3) is 10.9 Å². The van der Waals surface area contributed by atoms with Gasteiger partial charge in [-0.15, -0.1) is 0 Å². The highest BCUT2D eigenvalue weighted by Crippen LogP contribution is 2.17. The summed E-state index contributed by atoms with van der Waals surface area (Å²) in [6, 6.07) is 8.01. The van der Waals surface area contributed by atoms with Crippen LogP contribution in [-0.2, 0) is 9.53 Å². The van der Waals surface area contributed by atoms with Gasteiger partial charge in [0.2, 0.25) is 0 Å². The lowest BCUT2D eigenvalue weighted by Crippen LogP contribution is -2.45. The summed E-state index contributed by atoms with van der Waals surface area (Å²) in [6.45, 7) is 3.40. The number of fused-ring (bicyclic) bond motifs is 1. The van der Waals surface area contributed by atoms with E-state index in [1.807, 2.05) is 29.6 Å². The van der Waals surface area contributed by atoms with Crippen LogP contribution in [0.5, 0.6) is 0 Å². The Morgan fingerprint density at radius 3 is 2.50 bits per heavy atom. The molecule has 1 aromatic carbocycles. The largest absolute Gasteiger partial charge is 0.447 e. The van der Waals surface area contributed by atoms with Crippen molar-refractivity contribution in [1.29, 1.82) is 0 Å². The van der Waals surface area contributed by atoms with Crippen LogP contribution in [0, 0.1) is 5.92 Å². The van der Waals surface area contributed by atoms with Gasteiger partial charge in [-0.3, -0.25) is 10.1 Å². The molecule has 0 unspecified atom stereocenters. The molecule has 7 heteroatoms. The number of aromatic amines is 1. The number of urea groups is 1. The Morgan fingerprint density at radius 2 is 1.91 bits per heavy atom. The fourth-order valence-corrected chi connectivity index (χ4v) is 2.05. The van der Waals surface area contributed by atoms with Gasteiger partial charge in [0, 0.05) is 10.9 Å². The zero-order valence-corrected chi connectivity index (χ0v) is 12.3. The molecule has 1 atom stereocenters. The van der Waals surface area contributed by atoms with E-state index in [1.54, 1.807) is 19.9 Å². The Bertz CT molecular complexity index is 687. The second-order valence-electron chi connectivity index (χ2n) is 5.19. The fraction of sp³-hybridized carbons (Fsp3) is 0.267. The van der Waals surface area contributed by atoms with Crippen molar-refractivity contribution in [3.63, 3.8) is 0 Å². The standard InChI is InChI=1S/C15H17N3O4/c1-8(2)12(13(19)18-15(16)21)22-14(20)11-7-9-5-3-4-6-10(9)17-11/h3-8,12,17H,1-2H3,(H3,16,18,19,21)/t12-/m1/s1. The van der Waals surface area contributed by atoms with Gasteiger partial charge < -0.3 is 15.5 Å². The molecule has 0 bridgehead atoms. The minimum atomic E-state index is -1.11. The van der Waals surface area contributed by atoms with Crippen molar-refractivity contribution in [2.75, 3.05) is 0 Å². The van der Waals surface area contributed by atoms with Crippen molar-refractivity contribution >= 4 is 28.8 Å². The van der Waals surface area contributed by atoms with Gasteiger partial charge >= 0.3 is 12.0 Å². The SMILES string of the molecule is CC(C)[C@@H](OC(=O)c1cc2ccccc2[nH]1)C(=O)NC(N)=O. The summed E-state index contributed by atoms with van der Waals surface area (Å²) in [5, 5.41) is 2.78. The van der Waals surface area contributed by atoms with Crippen LogP contribution in [0.3, 0.4) is 0 Å². The minimum Gasteiger partial charge on any atom is -0.447 e. The van der Waals surface area contributed by atoms with E-state index in [0.717, 1.165) is 10.9 Å². The number of nitrogens with two attached hydrogens (primary N) is 1. The number of rotatable bonds is 4. The van der Waals surface area contributed by atoms with Gasteiger partial charge in [0.05, 0.1) is 0 Å². The van der Waals surface area contributed by atoms with E-state index in [2.05, 4.69) is 4.98 Å². The van der Waals surface area contributed by atoms with Crippen molar-refractivity contribution in [3.8, 4) is 0 Å². The normalized spacial score (nSPS) is 12.1. The molecular weight excluding hydrogens is 286 g/mol. The Balaban J connectivity index is 2.17. The second-order valence-corrected chi connectivity index (χ2v) is 5.19. The van der Waals surface area contributed by atoms with Gasteiger partial charge in [0.15, 0.2) is 6.10 Å². The molecule has 2 aromatic rings. The smallest absolute Gasteiger partial charge is 0.355 e. The maximum Gasteiger partial charge on any atom is 0.355 e. The third-order valence-corrected chi connectivity index (χ3v) is 3.09. The van der Waals surface area contributed by atoms with Crippen LogP contribution in [-0.4, -0.2) is 29.0 Å². The summed E-state index contributed by atoms with van der Waals surface area (Å²) in [5.41, 5.74) is 5.93. The predicted molar refractivity (Wildman–Crippen MR) is 80.1 cm³/mol. The second kappa shape index (κ2) is 6.30. The predicted octanol–water partition coefficient (Wildman–Crippen LogP) is 1.54. The number of amides is 3. The molecule has 0 aliphatic carbocycles. The molecule has 4 N–H and O–H groups in total. The third kappa shape index (κ3) is 3.43. The number of imide groups is 1. The number of carbonyl (C=O) groups excluding carboxylic acids is 3. The summed E-state index contributed by atoms with van der Waals surface area (Å²) in [4.78, 5) is 37.7. The first-order valence-electron chi connectivity index (χ1n) is 6.77.